The van der Waals surface area contributed by atoms with Crippen LogP contribution in [-0.2, 0) is 16.0 Å². The normalized spacial score (nSPS) is 17.8. The first-order valence-electron chi connectivity index (χ1n) is 8.04. The van der Waals surface area contributed by atoms with Gasteiger partial charge in [-0.1, -0.05) is 6.92 Å². The van der Waals surface area contributed by atoms with Crippen LogP contribution < -0.4 is 0 Å². The molecule has 1 fully saturated rings. The zero-order chi connectivity index (χ0) is 18.1. The lowest BCUT2D eigenvalue weighted by Gasteiger charge is -2.26. The maximum Gasteiger partial charge on any atom is 0.339 e. The van der Waals surface area contributed by atoms with Crippen molar-refractivity contribution in [1.82, 2.24) is 4.90 Å². The smallest absolute Gasteiger partial charge is 0.339 e. The fourth-order valence-corrected chi connectivity index (χ4v) is 2.74. The Morgan fingerprint density at radius 3 is 2.54 bits per heavy atom. The number of esters is 1. The number of aryl methyl sites for hydroxylation is 1. The van der Waals surface area contributed by atoms with E-state index in [1.807, 2.05) is 0 Å². The summed E-state index contributed by atoms with van der Waals surface area (Å²) in [5.41, 5.74) is -0.654. The van der Waals surface area contributed by atoms with Crippen LogP contribution in [0.4, 0.5) is 0 Å². The van der Waals surface area contributed by atoms with Crippen LogP contribution in [0.25, 0.3) is 0 Å². The van der Waals surface area contributed by atoms with E-state index in [1.165, 1.54) is 11.0 Å². The molecule has 1 N–H and O–H groups in total. The number of amides is 1. The molecule has 1 atom stereocenters. The number of aromatic carboxylic acids is 1. The third-order valence-electron chi connectivity index (χ3n) is 3.76. The highest BCUT2D eigenvalue weighted by atomic mass is 16.6. The predicted molar refractivity (Wildman–Crippen MR) is 84.9 cm³/mol. The van der Waals surface area contributed by atoms with Crippen molar-refractivity contribution in [3.05, 3.63) is 23.2 Å². The average molecular weight is 337 g/mol. The van der Waals surface area contributed by atoms with Gasteiger partial charge in [0.25, 0.3) is 5.91 Å². The van der Waals surface area contributed by atoms with Crippen molar-refractivity contribution in [2.24, 2.45) is 0 Å². The van der Waals surface area contributed by atoms with Gasteiger partial charge in [0.05, 0.1) is 0 Å². The molecule has 0 bridgehead atoms. The summed E-state index contributed by atoms with van der Waals surface area (Å²) in [6.07, 6.45) is 1.57. The van der Waals surface area contributed by atoms with Gasteiger partial charge in [-0.3, -0.25) is 4.79 Å². The minimum atomic E-state index is -1.14. The Labute approximate surface area is 140 Å². The minimum Gasteiger partial charge on any atom is -0.478 e. The van der Waals surface area contributed by atoms with Gasteiger partial charge in [0.15, 0.2) is 5.76 Å². The Hall–Kier alpha value is -2.31. The van der Waals surface area contributed by atoms with Gasteiger partial charge >= 0.3 is 11.9 Å². The highest BCUT2D eigenvalue weighted by Gasteiger charge is 2.38. The van der Waals surface area contributed by atoms with Crippen LogP contribution in [0.5, 0.6) is 0 Å². The fourth-order valence-electron chi connectivity index (χ4n) is 2.74. The van der Waals surface area contributed by atoms with E-state index < -0.39 is 29.5 Å². The molecule has 1 amide bonds. The molecule has 0 saturated carbocycles. The zero-order valence-corrected chi connectivity index (χ0v) is 14.4. The van der Waals surface area contributed by atoms with E-state index in [0.717, 1.165) is 0 Å². The van der Waals surface area contributed by atoms with Crippen molar-refractivity contribution >= 4 is 17.8 Å². The second-order valence-corrected chi connectivity index (χ2v) is 6.80. The summed E-state index contributed by atoms with van der Waals surface area (Å²) in [5.74, 6) is -1.88. The number of nitrogens with zero attached hydrogens (tertiary/aromatic N) is 1. The summed E-state index contributed by atoms with van der Waals surface area (Å²) in [5, 5.41) is 9.17. The highest BCUT2D eigenvalue weighted by Crippen LogP contribution is 2.25. The van der Waals surface area contributed by atoms with E-state index >= 15 is 0 Å². The monoisotopic (exact) mass is 337 g/mol. The van der Waals surface area contributed by atoms with Gasteiger partial charge < -0.3 is 19.2 Å². The lowest BCUT2D eigenvalue weighted by Crippen LogP contribution is -2.43. The van der Waals surface area contributed by atoms with Gasteiger partial charge in [-0.2, -0.15) is 0 Å². The number of likely N-dealkylation sites (tertiary alicyclic amines) is 1. The first-order chi connectivity index (χ1) is 11.1. The van der Waals surface area contributed by atoms with Crippen molar-refractivity contribution in [1.29, 1.82) is 0 Å². The Bertz CT molecular complexity index is 655. The van der Waals surface area contributed by atoms with Gasteiger partial charge in [-0.15, -0.1) is 0 Å². The number of ether oxygens (including phenoxy) is 1. The van der Waals surface area contributed by atoms with E-state index in [2.05, 4.69) is 0 Å². The molecule has 2 heterocycles. The molecule has 0 radical (unpaired) electrons. The molecule has 132 valence electrons. The number of hydrogen-bond acceptors (Lipinski definition) is 5. The summed E-state index contributed by atoms with van der Waals surface area (Å²) >= 11 is 0. The van der Waals surface area contributed by atoms with Crippen molar-refractivity contribution < 1.29 is 28.6 Å². The van der Waals surface area contributed by atoms with Crippen LogP contribution in [0, 0.1) is 0 Å². The van der Waals surface area contributed by atoms with Gasteiger partial charge in [0.1, 0.15) is 23.0 Å². The SMILES string of the molecule is CCc1oc(C(=O)N2CCCC2C(=O)OC(C)(C)C)cc1C(=O)O. The Morgan fingerprint density at radius 2 is 2.04 bits per heavy atom. The van der Waals surface area contributed by atoms with E-state index in [4.69, 9.17) is 14.3 Å². The van der Waals surface area contributed by atoms with Crippen molar-refractivity contribution in [2.45, 2.75) is 58.6 Å². The molecule has 7 heteroatoms. The molecule has 7 nitrogen and oxygen atoms in total. The lowest BCUT2D eigenvalue weighted by molar-refractivity contribution is -0.159. The maximum absolute atomic E-state index is 12.7. The minimum absolute atomic E-state index is 0.0196. The first-order valence-corrected chi connectivity index (χ1v) is 8.04. The molecule has 24 heavy (non-hydrogen) atoms. The van der Waals surface area contributed by atoms with Gasteiger partial charge in [0, 0.05) is 19.0 Å². The molecule has 1 saturated heterocycles. The van der Waals surface area contributed by atoms with Crippen LogP contribution in [0.1, 0.15) is 67.2 Å². The molecule has 0 aliphatic carbocycles. The van der Waals surface area contributed by atoms with Crippen molar-refractivity contribution in [3.8, 4) is 0 Å². The van der Waals surface area contributed by atoms with Crippen LogP contribution in [0.3, 0.4) is 0 Å². The Kier molecular flexibility index (Phi) is 5.01. The van der Waals surface area contributed by atoms with Gasteiger partial charge in [-0.25, -0.2) is 9.59 Å². The highest BCUT2D eigenvalue weighted by molar-refractivity contribution is 5.98. The standard InChI is InChI=1S/C17H23NO6/c1-5-12-10(15(20)21)9-13(23-12)14(19)18-8-6-7-11(18)16(22)24-17(2,3)4/h9,11H,5-8H2,1-4H3,(H,20,21). The molecule has 1 aromatic rings. The molecular weight excluding hydrogens is 314 g/mol. The van der Waals surface area contributed by atoms with Gasteiger partial charge in [-0.05, 0) is 33.6 Å². The molecular formula is C17H23NO6. The average Bonchev–Trinajstić information content (AvgIpc) is 3.11. The number of furan rings is 1. The van der Waals surface area contributed by atoms with Gasteiger partial charge in [0.2, 0.25) is 0 Å². The van der Waals surface area contributed by atoms with E-state index in [0.29, 0.717) is 25.8 Å². The summed E-state index contributed by atoms with van der Waals surface area (Å²) in [7, 11) is 0. The second-order valence-electron chi connectivity index (χ2n) is 6.80. The second kappa shape index (κ2) is 6.67. The van der Waals surface area contributed by atoms with Crippen LogP contribution >= 0.6 is 0 Å². The summed E-state index contributed by atoms with van der Waals surface area (Å²) in [6, 6.07) is 0.564. The lowest BCUT2D eigenvalue weighted by atomic mass is 10.1. The Morgan fingerprint density at radius 1 is 1.38 bits per heavy atom. The van der Waals surface area contributed by atoms with Crippen molar-refractivity contribution in [3.63, 3.8) is 0 Å². The van der Waals surface area contributed by atoms with E-state index in [-0.39, 0.29) is 17.1 Å². The summed E-state index contributed by atoms with van der Waals surface area (Å²) in [6.45, 7) is 7.47. The third kappa shape index (κ3) is 3.77. The summed E-state index contributed by atoms with van der Waals surface area (Å²) in [4.78, 5) is 37.6. The summed E-state index contributed by atoms with van der Waals surface area (Å²) < 4.78 is 10.8. The number of rotatable bonds is 4. The number of carbonyl (C=O) groups excluding carboxylic acids is 2. The largest absolute Gasteiger partial charge is 0.478 e. The molecule has 1 aromatic heterocycles. The van der Waals surface area contributed by atoms with Crippen LogP contribution in [-0.4, -0.2) is 46.0 Å². The fraction of sp³-hybridized carbons (Fsp3) is 0.588. The number of carboxylic acid groups (broad SMARTS) is 1. The molecule has 2 rings (SSSR count). The quantitative estimate of drug-likeness (QED) is 0.848. The zero-order valence-electron chi connectivity index (χ0n) is 14.4. The van der Waals surface area contributed by atoms with Crippen molar-refractivity contribution in [2.75, 3.05) is 6.54 Å². The van der Waals surface area contributed by atoms with E-state index in [9.17, 15) is 14.4 Å². The molecule has 1 aliphatic rings. The van der Waals surface area contributed by atoms with Crippen LogP contribution in [0.2, 0.25) is 0 Å². The van der Waals surface area contributed by atoms with Crippen LogP contribution in [0.15, 0.2) is 10.5 Å². The third-order valence-corrected chi connectivity index (χ3v) is 3.76. The van der Waals surface area contributed by atoms with E-state index in [1.54, 1.807) is 27.7 Å². The number of hydrogen-bond donors (Lipinski definition) is 1. The Balaban J connectivity index is 2.22. The molecule has 1 unspecified atom stereocenters. The number of carbonyl (C=O) groups is 3. The molecule has 0 aromatic carbocycles. The number of carboxylic acids is 1. The topological polar surface area (TPSA) is 97.0 Å². The predicted octanol–water partition coefficient (Wildman–Crippen LogP) is 2.49. The molecule has 1 aliphatic heterocycles. The maximum atomic E-state index is 12.7. The first kappa shape index (κ1) is 18.0. The molecule has 0 spiro atoms.